The lowest BCUT2D eigenvalue weighted by Crippen LogP contribution is -2.66. The predicted octanol–water partition coefficient (Wildman–Crippen LogP) is 5.86. The van der Waals surface area contributed by atoms with Crippen LogP contribution in [0.5, 0.6) is 0 Å². The molecule has 2 saturated heterocycles. The molecule has 0 spiro atoms. The fourth-order valence-corrected chi connectivity index (χ4v) is 10.9. The van der Waals surface area contributed by atoms with Crippen molar-refractivity contribution in [2.75, 3.05) is 19.8 Å². The molecule has 2 aromatic rings. The number of amides is 2. The lowest BCUT2D eigenvalue weighted by molar-refractivity contribution is -0.113. The molecule has 0 unspecified atom stereocenters. The van der Waals surface area contributed by atoms with E-state index in [0.29, 0.717) is 6.29 Å². The Labute approximate surface area is 317 Å². The van der Waals surface area contributed by atoms with E-state index in [4.69, 9.17) is 23.4 Å². The molecular formula is C41H60N2O9Si. The Kier molecular flexibility index (Phi) is 13.8. The second-order valence-electron chi connectivity index (χ2n) is 17.2. The van der Waals surface area contributed by atoms with Crippen molar-refractivity contribution in [3.63, 3.8) is 0 Å². The fourth-order valence-electron chi connectivity index (χ4n) is 6.48. The Morgan fingerprint density at radius 1 is 0.811 bits per heavy atom. The average Bonchev–Trinajstić information content (AvgIpc) is 3.53. The van der Waals surface area contributed by atoms with Crippen molar-refractivity contribution < 1.29 is 42.9 Å². The second kappa shape index (κ2) is 16.7. The standard InChI is InChI=1S/C30H41NO5Si.C11H19NO4/c1-28(2,3)36-27(33)31-25(22-34-30(31,7)8)26(32)20-15-21-35-37(29(4,5)6,23-16-11-9-12-17-23)24-18-13-10-14-19-24;1-10(2,3)16-9(14)12-8(6-13)7-15-11(12,4)5/h9-14,16-19,25-26,32H,21-22H2,1-8H3;6,8H,7H2,1-5H3/t25-,26+;8-/m01/s1. The zero-order valence-electron chi connectivity index (χ0n) is 33.8. The van der Waals surface area contributed by atoms with Gasteiger partial charge in [0.25, 0.3) is 8.32 Å². The van der Waals surface area contributed by atoms with Crippen LogP contribution < -0.4 is 10.4 Å². The van der Waals surface area contributed by atoms with E-state index < -0.39 is 61.3 Å². The molecule has 0 saturated carbocycles. The van der Waals surface area contributed by atoms with Crippen LogP contribution in [0.3, 0.4) is 0 Å². The predicted molar refractivity (Wildman–Crippen MR) is 207 cm³/mol. The normalized spacial score (nSPS) is 20.3. The van der Waals surface area contributed by atoms with Crippen molar-refractivity contribution in [3.05, 3.63) is 60.7 Å². The van der Waals surface area contributed by atoms with Crippen molar-refractivity contribution in [2.24, 2.45) is 0 Å². The Morgan fingerprint density at radius 3 is 1.68 bits per heavy atom. The molecule has 11 nitrogen and oxygen atoms in total. The lowest BCUT2D eigenvalue weighted by Gasteiger charge is -2.42. The minimum atomic E-state index is -2.73. The molecule has 0 aromatic heterocycles. The smallest absolute Gasteiger partial charge is 0.413 e. The number of carbonyl (C=O) groups is 3. The molecule has 292 valence electrons. The van der Waals surface area contributed by atoms with Crippen LogP contribution in [0.15, 0.2) is 60.7 Å². The first-order valence-corrected chi connectivity index (χ1v) is 20.0. The largest absolute Gasteiger partial charge is 0.444 e. The van der Waals surface area contributed by atoms with E-state index in [-0.39, 0.29) is 24.9 Å². The SMILES string of the molecule is CC(C)(C)OC(=O)N1[C@H](C=O)COC1(C)C.CC(C)(C)OC(=O)N1[C@H]([C@H](O)C#CCO[Si](c2ccccc2)(c2ccccc2)C(C)(C)C)COC1(C)C. The van der Waals surface area contributed by atoms with Crippen LogP contribution in [0.25, 0.3) is 0 Å². The van der Waals surface area contributed by atoms with E-state index in [9.17, 15) is 19.5 Å². The number of carbonyl (C=O) groups excluding carboxylic acids is 3. The topological polar surface area (TPSA) is 124 Å². The molecule has 0 aliphatic carbocycles. The highest BCUT2D eigenvalue weighted by Gasteiger charge is 2.51. The van der Waals surface area contributed by atoms with Gasteiger partial charge in [-0.1, -0.05) is 93.3 Å². The molecule has 0 bridgehead atoms. The molecule has 3 atom stereocenters. The van der Waals surface area contributed by atoms with Crippen molar-refractivity contribution >= 4 is 37.2 Å². The first-order valence-electron chi connectivity index (χ1n) is 18.1. The van der Waals surface area contributed by atoms with E-state index in [1.54, 1.807) is 48.5 Å². The van der Waals surface area contributed by atoms with Gasteiger partial charge in [0.05, 0.1) is 25.9 Å². The second-order valence-corrected chi connectivity index (χ2v) is 21.5. The molecule has 2 heterocycles. The van der Waals surface area contributed by atoms with Gasteiger partial charge in [0.1, 0.15) is 41.1 Å². The van der Waals surface area contributed by atoms with E-state index >= 15 is 0 Å². The number of nitrogens with zero attached hydrogens (tertiary/aromatic N) is 2. The number of aliphatic hydroxyl groups excluding tert-OH is 1. The minimum absolute atomic E-state index is 0.147. The van der Waals surface area contributed by atoms with Crippen LogP contribution >= 0.6 is 0 Å². The molecule has 2 aliphatic heterocycles. The third kappa shape index (κ3) is 10.9. The molecule has 2 fully saturated rings. The molecule has 2 amide bonds. The lowest BCUT2D eigenvalue weighted by atomic mass is 10.1. The summed E-state index contributed by atoms with van der Waals surface area (Å²) in [7, 11) is -2.73. The Balaban J connectivity index is 0.000000395. The van der Waals surface area contributed by atoms with Crippen LogP contribution in [0, 0.1) is 11.8 Å². The maximum absolute atomic E-state index is 12.9. The molecule has 2 aromatic carbocycles. The number of hydrogen-bond acceptors (Lipinski definition) is 9. The van der Waals surface area contributed by atoms with Gasteiger partial charge in [-0.25, -0.2) is 9.59 Å². The Bertz CT molecular complexity index is 1560. The summed E-state index contributed by atoms with van der Waals surface area (Å²) in [5, 5.41) is 13.1. The monoisotopic (exact) mass is 752 g/mol. The highest BCUT2D eigenvalue weighted by atomic mass is 28.4. The maximum Gasteiger partial charge on any atom is 0.413 e. The van der Waals surface area contributed by atoms with Crippen LogP contribution in [-0.4, -0.2) is 102 Å². The van der Waals surface area contributed by atoms with Gasteiger partial charge in [0, 0.05) is 0 Å². The summed E-state index contributed by atoms with van der Waals surface area (Å²) in [5.74, 6) is 5.95. The summed E-state index contributed by atoms with van der Waals surface area (Å²) in [4.78, 5) is 38.5. The Morgan fingerprint density at radius 2 is 1.25 bits per heavy atom. The number of ether oxygens (including phenoxy) is 4. The highest BCUT2D eigenvalue weighted by Crippen LogP contribution is 2.37. The van der Waals surface area contributed by atoms with Crippen LogP contribution in [0.2, 0.25) is 5.04 Å². The molecule has 2 aliphatic rings. The molecule has 53 heavy (non-hydrogen) atoms. The summed E-state index contributed by atoms with van der Waals surface area (Å²) in [6.07, 6.45) is -1.47. The quantitative estimate of drug-likeness (QED) is 0.220. The number of benzene rings is 2. The minimum Gasteiger partial charge on any atom is -0.444 e. The van der Waals surface area contributed by atoms with Gasteiger partial charge < -0.3 is 33.3 Å². The average molecular weight is 753 g/mol. The van der Waals surface area contributed by atoms with Gasteiger partial charge in [0.2, 0.25) is 0 Å². The van der Waals surface area contributed by atoms with Gasteiger partial charge >= 0.3 is 12.2 Å². The number of rotatable bonds is 6. The zero-order chi connectivity index (χ0) is 40.0. The van der Waals surface area contributed by atoms with Gasteiger partial charge in [0.15, 0.2) is 0 Å². The van der Waals surface area contributed by atoms with Crippen molar-refractivity contribution in [1.82, 2.24) is 9.80 Å². The Hall–Kier alpha value is -3.73. The molecule has 12 heteroatoms. The van der Waals surface area contributed by atoms with Crippen molar-refractivity contribution in [1.29, 1.82) is 0 Å². The summed E-state index contributed by atoms with van der Waals surface area (Å²) in [6.45, 7) is 25.0. The summed E-state index contributed by atoms with van der Waals surface area (Å²) >= 11 is 0. The van der Waals surface area contributed by atoms with Gasteiger partial charge in [-0.3, -0.25) is 9.80 Å². The van der Waals surface area contributed by atoms with E-state index in [2.05, 4.69) is 56.9 Å². The van der Waals surface area contributed by atoms with Gasteiger partial charge in [-0.15, -0.1) is 0 Å². The van der Waals surface area contributed by atoms with E-state index in [1.807, 2.05) is 57.2 Å². The number of aldehydes is 1. The molecule has 4 rings (SSSR count). The van der Waals surface area contributed by atoms with Crippen LogP contribution in [0.1, 0.15) is 90.0 Å². The van der Waals surface area contributed by atoms with E-state index in [0.717, 1.165) is 10.4 Å². The first-order chi connectivity index (χ1) is 24.4. The number of hydrogen-bond donors (Lipinski definition) is 1. The van der Waals surface area contributed by atoms with Gasteiger partial charge in [-0.05, 0) is 84.6 Å². The molecule has 1 N–H and O–H groups in total. The highest BCUT2D eigenvalue weighted by molar-refractivity contribution is 6.99. The maximum atomic E-state index is 12.9. The van der Waals surface area contributed by atoms with Gasteiger partial charge in [-0.2, -0.15) is 0 Å². The van der Waals surface area contributed by atoms with Crippen LogP contribution in [-0.2, 0) is 28.2 Å². The summed E-state index contributed by atoms with van der Waals surface area (Å²) < 4.78 is 28.8. The molecule has 0 radical (unpaired) electrons. The number of aliphatic hydroxyl groups is 1. The van der Waals surface area contributed by atoms with E-state index in [1.165, 1.54) is 9.80 Å². The summed E-state index contributed by atoms with van der Waals surface area (Å²) in [5.41, 5.74) is -2.96. The zero-order valence-corrected chi connectivity index (χ0v) is 34.8. The first kappa shape index (κ1) is 43.7. The fraction of sp³-hybridized carbons (Fsp3) is 0.585. The van der Waals surface area contributed by atoms with Crippen LogP contribution in [0.4, 0.5) is 9.59 Å². The third-order valence-electron chi connectivity index (χ3n) is 8.77. The summed E-state index contributed by atoms with van der Waals surface area (Å²) in [6, 6.07) is 19.5. The third-order valence-corrected chi connectivity index (χ3v) is 13.8. The van der Waals surface area contributed by atoms with Crippen molar-refractivity contribution in [3.8, 4) is 11.8 Å². The van der Waals surface area contributed by atoms with Crippen molar-refractivity contribution in [2.45, 2.75) is 136 Å². The molecular weight excluding hydrogens is 693 g/mol.